The number of hydrogen-bond acceptors (Lipinski definition) is 9. The molecule has 4 unspecified atom stereocenters. The number of nitrogens with two attached hydrogens (primary N) is 3. The highest BCUT2D eigenvalue weighted by atomic mass is 32.2. The van der Waals surface area contributed by atoms with Gasteiger partial charge in [-0.25, -0.2) is 4.79 Å². The highest BCUT2D eigenvalue weighted by Gasteiger charge is 2.31. The molecule has 0 aliphatic carbocycles. The molecule has 5 amide bonds. The first-order valence-electron chi connectivity index (χ1n) is 9.95. The quantitative estimate of drug-likeness (QED) is 0.0947. The first kappa shape index (κ1) is 30.6. The van der Waals surface area contributed by atoms with Crippen LogP contribution in [-0.2, 0) is 33.6 Å². The number of hydrogen-bond donors (Lipinski definition) is 8. The Balaban J connectivity index is 5.50. The summed E-state index contributed by atoms with van der Waals surface area (Å²) in [5.74, 6) is -7.10. The largest absolute Gasteiger partial charge is 0.481 e. The van der Waals surface area contributed by atoms with Gasteiger partial charge in [0, 0.05) is 6.42 Å². The maximum atomic E-state index is 12.8. The molecular weight excluding hydrogens is 476 g/mol. The number of aliphatic carboxylic acids is 2. The third-order valence-corrected chi connectivity index (χ3v) is 4.95. The molecule has 0 spiro atoms. The van der Waals surface area contributed by atoms with Crippen molar-refractivity contribution >= 4 is 53.2 Å². The SMILES string of the molecule is CSCCC(NC(=O)C(N)CC(=O)O)C(=O)NC(CC(N)=O)C(=O)NC(CCC(N)=O)C(=O)O. The van der Waals surface area contributed by atoms with Crippen LogP contribution in [0.3, 0.4) is 0 Å². The summed E-state index contributed by atoms with van der Waals surface area (Å²) in [6.45, 7) is 0. The average molecular weight is 507 g/mol. The zero-order valence-electron chi connectivity index (χ0n) is 18.4. The highest BCUT2D eigenvalue weighted by molar-refractivity contribution is 7.98. The number of carboxylic acid groups (broad SMARTS) is 2. The molecule has 0 heterocycles. The minimum absolute atomic E-state index is 0.0693. The zero-order valence-corrected chi connectivity index (χ0v) is 19.3. The van der Waals surface area contributed by atoms with E-state index in [0.717, 1.165) is 0 Å². The number of carbonyl (C=O) groups is 7. The Kier molecular flexibility index (Phi) is 13.9. The Morgan fingerprint density at radius 3 is 1.76 bits per heavy atom. The van der Waals surface area contributed by atoms with E-state index >= 15 is 0 Å². The Labute approximate surface area is 198 Å². The van der Waals surface area contributed by atoms with Crippen molar-refractivity contribution in [2.24, 2.45) is 17.2 Å². The van der Waals surface area contributed by atoms with Gasteiger partial charge in [-0.15, -0.1) is 0 Å². The molecule has 15 nitrogen and oxygen atoms in total. The Hall–Kier alpha value is -3.40. The van der Waals surface area contributed by atoms with Gasteiger partial charge in [0.15, 0.2) is 0 Å². The molecule has 16 heteroatoms. The summed E-state index contributed by atoms with van der Waals surface area (Å²) < 4.78 is 0. The van der Waals surface area contributed by atoms with Crippen LogP contribution in [0.4, 0.5) is 0 Å². The molecule has 0 rings (SSSR count). The number of rotatable bonds is 17. The molecule has 11 N–H and O–H groups in total. The van der Waals surface area contributed by atoms with Crippen molar-refractivity contribution in [1.82, 2.24) is 16.0 Å². The summed E-state index contributed by atoms with van der Waals surface area (Å²) in [6.07, 6.45) is -0.252. The van der Waals surface area contributed by atoms with Crippen LogP contribution in [0.1, 0.15) is 32.1 Å². The molecular formula is C18H30N6O9S. The molecule has 0 aromatic carbocycles. The number of carboxylic acids is 2. The predicted molar refractivity (Wildman–Crippen MR) is 119 cm³/mol. The first-order chi connectivity index (χ1) is 15.8. The van der Waals surface area contributed by atoms with E-state index in [-0.39, 0.29) is 19.3 Å². The van der Waals surface area contributed by atoms with Crippen LogP contribution in [0.15, 0.2) is 0 Å². The second kappa shape index (κ2) is 15.4. The highest BCUT2D eigenvalue weighted by Crippen LogP contribution is 2.05. The van der Waals surface area contributed by atoms with Gasteiger partial charge in [0.05, 0.1) is 18.9 Å². The maximum Gasteiger partial charge on any atom is 0.326 e. The van der Waals surface area contributed by atoms with Gasteiger partial charge in [-0.3, -0.25) is 28.8 Å². The summed E-state index contributed by atoms with van der Waals surface area (Å²) in [6, 6.07) is -5.81. The molecule has 0 fully saturated rings. The Morgan fingerprint density at radius 1 is 0.765 bits per heavy atom. The second-order valence-corrected chi connectivity index (χ2v) is 8.17. The molecule has 4 atom stereocenters. The summed E-state index contributed by atoms with van der Waals surface area (Å²) in [7, 11) is 0. The molecule has 0 radical (unpaired) electrons. The molecule has 0 saturated heterocycles. The van der Waals surface area contributed by atoms with Crippen molar-refractivity contribution in [3.63, 3.8) is 0 Å². The van der Waals surface area contributed by atoms with Gasteiger partial charge in [0.25, 0.3) is 0 Å². The fourth-order valence-corrected chi connectivity index (χ4v) is 3.03. The van der Waals surface area contributed by atoms with Crippen LogP contribution in [0.2, 0.25) is 0 Å². The van der Waals surface area contributed by atoms with E-state index < -0.39 is 78.5 Å². The smallest absolute Gasteiger partial charge is 0.326 e. The van der Waals surface area contributed by atoms with Crippen LogP contribution < -0.4 is 33.2 Å². The van der Waals surface area contributed by atoms with E-state index in [1.807, 2.05) is 0 Å². The third kappa shape index (κ3) is 12.6. The van der Waals surface area contributed by atoms with E-state index in [1.54, 1.807) is 6.26 Å². The van der Waals surface area contributed by atoms with Crippen molar-refractivity contribution in [1.29, 1.82) is 0 Å². The summed E-state index contributed by atoms with van der Waals surface area (Å²) in [5, 5.41) is 24.6. The van der Waals surface area contributed by atoms with Gasteiger partial charge in [0.1, 0.15) is 18.1 Å². The van der Waals surface area contributed by atoms with Gasteiger partial charge < -0.3 is 43.4 Å². The molecule has 192 valence electrons. The van der Waals surface area contributed by atoms with Gasteiger partial charge in [-0.1, -0.05) is 0 Å². The van der Waals surface area contributed by atoms with Crippen molar-refractivity contribution in [2.45, 2.75) is 56.3 Å². The lowest BCUT2D eigenvalue weighted by Gasteiger charge is -2.24. The molecule has 0 aliphatic heterocycles. The average Bonchev–Trinajstić information content (AvgIpc) is 2.71. The third-order valence-electron chi connectivity index (χ3n) is 4.31. The number of amides is 5. The van der Waals surface area contributed by atoms with Crippen molar-refractivity contribution in [3.05, 3.63) is 0 Å². The molecule has 0 bridgehead atoms. The molecule has 0 saturated carbocycles. The lowest BCUT2D eigenvalue weighted by atomic mass is 10.1. The number of thioether (sulfide) groups is 1. The van der Waals surface area contributed by atoms with Gasteiger partial charge in [-0.05, 0) is 24.9 Å². The van der Waals surface area contributed by atoms with E-state index in [1.165, 1.54) is 11.8 Å². The van der Waals surface area contributed by atoms with E-state index in [0.29, 0.717) is 5.75 Å². The normalized spacial score (nSPS) is 14.1. The van der Waals surface area contributed by atoms with Gasteiger partial charge in [-0.2, -0.15) is 11.8 Å². The standard InChI is InChI=1S/C18H30N6O9S/c1-34-5-4-9(22-15(29)8(19)6-14(27)28)16(30)24-11(7-13(21)26)17(31)23-10(18(32)33)2-3-12(20)25/h8-11H,2-7,19H2,1H3,(H2,20,25)(H2,21,26)(H,22,29)(H,23,31)(H,24,30)(H,27,28)(H,32,33). The minimum atomic E-state index is -1.60. The summed E-state index contributed by atoms with van der Waals surface area (Å²) in [4.78, 5) is 81.9. The fraction of sp³-hybridized carbons (Fsp3) is 0.611. The number of carbonyl (C=O) groups excluding carboxylic acids is 5. The minimum Gasteiger partial charge on any atom is -0.481 e. The van der Waals surface area contributed by atoms with Crippen LogP contribution in [0.5, 0.6) is 0 Å². The maximum absolute atomic E-state index is 12.8. The van der Waals surface area contributed by atoms with Crippen LogP contribution in [-0.4, -0.2) is 87.9 Å². The lowest BCUT2D eigenvalue weighted by molar-refractivity contribution is -0.142. The van der Waals surface area contributed by atoms with E-state index in [2.05, 4.69) is 16.0 Å². The fourth-order valence-electron chi connectivity index (χ4n) is 2.56. The molecule has 0 aliphatic rings. The van der Waals surface area contributed by atoms with Crippen LogP contribution in [0, 0.1) is 0 Å². The Morgan fingerprint density at radius 2 is 1.29 bits per heavy atom. The van der Waals surface area contributed by atoms with Gasteiger partial charge in [0.2, 0.25) is 29.5 Å². The Bertz CT molecular complexity index is 794. The molecule has 0 aromatic heterocycles. The number of nitrogens with one attached hydrogen (secondary N) is 3. The summed E-state index contributed by atoms with van der Waals surface area (Å²) >= 11 is 1.34. The van der Waals surface area contributed by atoms with E-state index in [9.17, 15) is 38.7 Å². The zero-order chi connectivity index (χ0) is 26.4. The second-order valence-electron chi connectivity index (χ2n) is 7.18. The first-order valence-corrected chi connectivity index (χ1v) is 11.3. The van der Waals surface area contributed by atoms with Crippen LogP contribution in [0.25, 0.3) is 0 Å². The molecule has 0 aromatic rings. The van der Waals surface area contributed by atoms with Crippen molar-refractivity contribution < 1.29 is 43.8 Å². The van der Waals surface area contributed by atoms with Crippen molar-refractivity contribution in [2.75, 3.05) is 12.0 Å². The predicted octanol–water partition coefficient (Wildman–Crippen LogP) is -3.78. The molecule has 34 heavy (non-hydrogen) atoms. The van der Waals surface area contributed by atoms with Crippen LogP contribution >= 0.6 is 11.8 Å². The van der Waals surface area contributed by atoms with E-state index in [4.69, 9.17) is 22.3 Å². The van der Waals surface area contributed by atoms with Crippen molar-refractivity contribution in [3.8, 4) is 0 Å². The lowest BCUT2D eigenvalue weighted by Crippen LogP contribution is -2.58. The number of primary amides is 2. The summed E-state index contributed by atoms with van der Waals surface area (Å²) in [5.41, 5.74) is 15.6. The topological polar surface area (TPSA) is 274 Å². The monoisotopic (exact) mass is 506 g/mol. The van der Waals surface area contributed by atoms with Gasteiger partial charge >= 0.3 is 11.9 Å².